The number of aromatic hydroxyl groups is 2. The second-order valence-electron chi connectivity index (χ2n) is 5.57. The highest BCUT2D eigenvalue weighted by Gasteiger charge is 2.26. The fourth-order valence-electron chi connectivity index (χ4n) is 2.77. The van der Waals surface area contributed by atoms with Gasteiger partial charge in [-0.05, 0) is 41.5 Å². The van der Waals surface area contributed by atoms with Gasteiger partial charge in [0.05, 0.1) is 0 Å². The van der Waals surface area contributed by atoms with E-state index in [-0.39, 0.29) is 17.2 Å². The van der Waals surface area contributed by atoms with Crippen molar-refractivity contribution < 1.29 is 29.6 Å². The molecule has 128 valence electrons. The fraction of sp³-hybridized carbons (Fsp3) is 0.111. The Morgan fingerprint density at radius 1 is 1.12 bits per heavy atom. The molecule has 4 N–H and O–H groups in total. The Morgan fingerprint density at radius 3 is 2.56 bits per heavy atom. The van der Waals surface area contributed by atoms with E-state index < -0.39 is 17.9 Å². The van der Waals surface area contributed by atoms with Crippen molar-refractivity contribution in [3.05, 3.63) is 53.7 Å². The molecule has 0 fully saturated rings. The molecule has 1 aromatic heterocycles. The van der Waals surface area contributed by atoms with Crippen LogP contribution in [0.2, 0.25) is 0 Å². The number of aromatic amines is 1. The first-order chi connectivity index (χ1) is 11.9. The molecule has 0 bridgehead atoms. The van der Waals surface area contributed by atoms with E-state index in [0.29, 0.717) is 22.0 Å². The Hall–Kier alpha value is -3.48. The quantitative estimate of drug-likeness (QED) is 0.428. The number of benzene rings is 2. The van der Waals surface area contributed by atoms with Crippen LogP contribution in [0, 0.1) is 0 Å². The number of hydrogen-bond donors (Lipinski definition) is 4. The van der Waals surface area contributed by atoms with Crippen molar-refractivity contribution in [3.63, 3.8) is 0 Å². The van der Waals surface area contributed by atoms with Crippen LogP contribution in [0.25, 0.3) is 10.9 Å². The van der Waals surface area contributed by atoms with Crippen LogP contribution < -0.4 is 4.74 Å². The summed E-state index contributed by atoms with van der Waals surface area (Å²) in [4.78, 5) is 26.0. The molecule has 0 aliphatic heterocycles. The maximum Gasteiger partial charge on any atom is 0.315 e. The van der Waals surface area contributed by atoms with Crippen molar-refractivity contribution in [2.24, 2.45) is 0 Å². The number of esters is 1. The van der Waals surface area contributed by atoms with Gasteiger partial charge in [0.25, 0.3) is 0 Å². The predicted molar refractivity (Wildman–Crippen MR) is 88.9 cm³/mol. The summed E-state index contributed by atoms with van der Waals surface area (Å²) in [5, 5.41) is 29.8. The molecule has 2 aromatic carbocycles. The molecular weight excluding hydrogens is 326 g/mol. The Labute approximate surface area is 142 Å². The Bertz CT molecular complexity index is 975. The normalized spacial score (nSPS) is 12.0. The molecule has 0 amide bonds. The average Bonchev–Trinajstić information content (AvgIpc) is 2.93. The van der Waals surface area contributed by atoms with E-state index in [1.807, 2.05) is 0 Å². The minimum atomic E-state index is -1.12. The minimum Gasteiger partial charge on any atom is -0.508 e. The second-order valence-corrected chi connectivity index (χ2v) is 5.57. The number of aromatic nitrogens is 1. The third-order valence-electron chi connectivity index (χ3n) is 3.83. The van der Waals surface area contributed by atoms with Crippen LogP contribution in [0.5, 0.6) is 17.2 Å². The maximum absolute atomic E-state index is 11.9. The number of ether oxygens (including phenoxy) is 1. The molecule has 25 heavy (non-hydrogen) atoms. The molecule has 0 saturated carbocycles. The summed E-state index contributed by atoms with van der Waals surface area (Å²) >= 11 is 0. The standard InChI is InChI=1S/C18H15NO6/c1-9(20)25-16-6-10(2-5-15(16)22)17(18(23)24)13-8-19-14-4-3-11(21)7-12(13)14/h2-8,17,19,21-22H,1H3,(H,23,24). The molecule has 3 aromatic rings. The molecule has 1 unspecified atom stereocenters. The maximum atomic E-state index is 11.9. The van der Waals surface area contributed by atoms with Gasteiger partial charge >= 0.3 is 11.9 Å². The van der Waals surface area contributed by atoms with Gasteiger partial charge in [-0.2, -0.15) is 0 Å². The van der Waals surface area contributed by atoms with Gasteiger partial charge in [-0.3, -0.25) is 9.59 Å². The number of nitrogens with one attached hydrogen (secondary N) is 1. The number of phenols is 2. The first-order valence-electron chi connectivity index (χ1n) is 7.41. The Morgan fingerprint density at radius 2 is 1.88 bits per heavy atom. The number of rotatable bonds is 4. The highest BCUT2D eigenvalue weighted by Crippen LogP contribution is 2.36. The highest BCUT2D eigenvalue weighted by atomic mass is 16.5. The lowest BCUT2D eigenvalue weighted by Gasteiger charge is -2.14. The van der Waals surface area contributed by atoms with Gasteiger partial charge < -0.3 is 25.0 Å². The van der Waals surface area contributed by atoms with Gasteiger partial charge in [-0.1, -0.05) is 6.07 Å². The molecule has 0 spiro atoms. The summed E-state index contributed by atoms with van der Waals surface area (Å²) < 4.78 is 4.91. The van der Waals surface area contributed by atoms with E-state index in [0.717, 1.165) is 0 Å². The zero-order valence-corrected chi connectivity index (χ0v) is 13.2. The van der Waals surface area contributed by atoms with Crippen molar-refractivity contribution in [1.82, 2.24) is 4.98 Å². The zero-order valence-electron chi connectivity index (χ0n) is 13.2. The first kappa shape index (κ1) is 16.4. The molecule has 7 heteroatoms. The largest absolute Gasteiger partial charge is 0.508 e. The lowest BCUT2D eigenvalue weighted by Crippen LogP contribution is -2.13. The molecular formula is C18H15NO6. The van der Waals surface area contributed by atoms with Crippen LogP contribution in [0.1, 0.15) is 24.0 Å². The summed E-state index contributed by atoms with van der Waals surface area (Å²) in [5.74, 6) is -3.19. The number of fused-ring (bicyclic) bond motifs is 1. The number of carboxylic acids is 1. The summed E-state index contributed by atoms with van der Waals surface area (Å²) in [6.45, 7) is 1.18. The molecule has 1 heterocycles. The fourth-order valence-corrected chi connectivity index (χ4v) is 2.77. The third-order valence-corrected chi connectivity index (χ3v) is 3.83. The van der Waals surface area contributed by atoms with E-state index in [9.17, 15) is 24.9 Å². The van der Waals surface area contributed by atoms with E-state index in [1.54, 1.807) is 12.3 Å². The lowest BCUT2D eigenvalue weighted by atomic mass is 9.91. The lowest BCUT2D eigenvalue weighted by molar-refractivity contribution is -0.137. The summed E-state index contributed by atoms with van der Waals surface area (Å²) in [5.41, 5.74) is 1.45. The number of H-pyrrole nitrogens is 1. The molecule has 1 atom stereocenters. The van der Waals surface area contributed by atoms with Crippen LogP contribution in [0.3, 0.4) is 0 Å². The van der Waals surface area contributed by atoms with Crippen molar-refractivity contribution >= 4 is 22.8 Å². The Kier molecular flexibility index (Phi) is 4.06. The smallest absolute Gasteiger partial charge is 0.315 e. The molecule has 0 radical (unpaired) electrons. The van der Waals surface area contributed by atoms with E-state index in [4.69, 9.17) is 4.74 Å². The van der Waals surface area contributed by atoms with Gasteiger partial charge in [0.1, 0.15) is 11.7 Å². The zero-order chi connectivity index (χ0) is 18.1. The monoisotopic (exact) mass is 341 g/mol. The highest BCUT2D eigenvalue weighted by molar-refractivity contribution is 5.92. The van der Waals surface area contributed by atoms with E-state index in [2.05, 4.69) is 4.98 Å². The summed E-state index contributed by atoms with van der Waals surface area (Å²) in [6.07, 6.45) is 1.56. The van der Waals surface area contributed by atoms with Gasteiger partial charge in [0.15, 0.2) is 11.5 Å². The van der Waals surface area contributed by atoms with Crippen LogP contribution >= 0.6 is 0 Å². The number of carbonyl (C=O) groups is 2. The summed E-state index contributed by atoms with van der Waals surface area (Å²) in [7, 11) is 0. The second kappa shape index (κ2) is 6.20. The molecule has 0 saturated heterocycles. The number of carbonyl (C=O) groups excluding carboxylic acids is 1. The minimum absolute atomic E-state index is 0.0174. The van der Waals surface area contributed by atoms with Gasteiger partial charge in [0, 0.05) is 24.0 Å². The third kappa shape index (κ3) is 3.12. The Balaban J connectivity index is 2.14. The predicted octanol–water partition coefficient (Wildman–Crippen LogP) is 2.72. The van der Waals surface area contributed by atoms with Gasteiger partial charge in [-0.15, -0.1) is 0 Å². The van der Waals surface area contributed by atoms with E-state index >= 15 is 0 Å². The number of carboxylic acid groups (broad SMARTS) is 1. The van der Waals surface area contributed by atoms with Crippen LogP contribution in [0.15, 0.2) is 42.6 Å². The molecule has 3 rings (SSSR count). The van der Waals surface area contributed by atoms with Crippen molar-refractivity contribution in [2.75, 3.05) is 0 Å². The SMILES string of the molecule is CC(=O)Oc1cc(C(C(=O)O)c2c[nH]c3ccc(O)cc23)ccc1O. The number of hydrogen-bond acceptors (Lipinski definition) is 5. The number of aliphatic carboxylic acids is 1. The van der Waals surface area contributed by atoms with Crippen LogP contribution in [-0.4, -0.2) is 32.2 Å². The molecule has 0 aliphatic rings. The average molecular weight is 341 g/mol. The van der Waals surface area contributed by atoms with Crippen LogP contribution in [-0.2, 0) is 9.59 Å². The van der Waals surface area contributed by atoms with Crippen molar-refractivity contribution in [1.29, 1.82) is 0 Å². The van der Waals surface area contributed by atoms with Crippen LogP contribution in [0.4, 0.5) is 0 Å². The van der Waals surface area contributed by atoms with Gasteiger partial charge in [0.2, 0.25) is 0 Å². The van der Waals surface area contributed by atoms with Gasteiger partial charge in [-0.25, -0.2) is 0 Å². The summed E-state index contributed by atoms with van der Waals surface area (Å²) in [6, 6.07) is 8.66. The first-order valence-corrected chi connectivity index (χ1v) is 7.41. The number of phenolic OH excluding ortho intramolecular Hbond substituents is 2. The van der Waals surface area contributed by atoms with Crippen molar-refractivity contribution in [2.45, 2.75) is 12.8 Å². The molecule has 0 aliphatic carbocycles. The molecule has 7 nitrogen and oxygen atoms in total. The topological polar surface area (TPSA) is 120 Å². The van der Waals surface area contributed by atoms with Crippen molar-refractivity contribution in [3.8, 4) is 17.2 Å². The van der Waals surface area contributed by atoms with E-state index in [1.165, 1.54) is 37.3 Å².